The molecule has 5 nitrogen and oxygen atoms in total. The molecule has 0 saturated carbocycles. The van der Waals surface area contributed by atoms with Gasteiger partial charge in [0.2, 0.25) is 5.91 Å². The van der Waals surface area contributed by atoms with Crippen molar-refractivity contribution >= 4 is 5.91 Å². The zero-order chi connectivity index (χ0) is 12.8. The number of hydrogen-bond donors (Lipinski definition) is 2. The molecule has 0 aliphatic carbocycles. The molecule has 1 aromatic heterocycles. The van der Waals surface area contributed by atoms with Crippen LogP contribution in [0.4, 0.5) is 0 Å². The van der Waals surface area contributed by atoms with Crippen LogP contribution in [0.3, 0.4) is 0 Å². The lowest BCUT2D eigenvalue weighted by Gasteiger charge is -2.14. The number of imidazole rings is 1. The van der Waals surface area contributed by atoms with Gasteiger partial charge in [0.15, 0.2) is 0 Å². The molecular formula is C12H22N4O. The third kappa shape index (κ3) is 4.56. The van der Waals surface area contributed by atoms with Crippen LogP contribution in [0, 0.1) is 0 Å². The fourth-order valence-corrected chi connectivity index (χ4v) is 1.68. The summed E-state index contributed by atoms with van der Waals surface area (Å²) in [5.41, 5.74) is 0. The number of nitrogens with zero attached hydrogens (tertiary/aromatic N) is 2. The lowest BCUT2D eigenvalue weighted by atomic mass is 10.3. The smallest absolute Gasteiger partial charge is 0.221 e. The first-order valence-electron chi connectivity index (χ1n) is 6.00. The molecule has 0 spiro atoms. The number of carbonyl (C=O) groups is 1. The first kappa shape index (κ1) is 13.7. The SMILES string of the molecule is CC(C)NC(=O)CCNC(C)c1nccn1C. The number of carbonyl (C=O) groups excluding carboxylic acids is 1. The molecule has 0 aliphatic rings. The van der Waals surface area contributed by atoms with Crippen LogP contribution >= 0.6 is 0 Å². The van der Waals surface area contributed by atoms with Crippen LogP contribution in [0.15, 0.2) is 12.4 Å². The number of amides is 1. The molecule has 0 bridgehead atoms. The molecule has 1 heterocycles. The zero-order valence-electron chi connectivity index (χ0n) is 11.0. The van der Waals surface area contributed by atoms with Gasteiger partial charge in [-0.2, -0.15) is 0 Å². The van der Waals surface area contributed by atoms with Gasteiger partial charge in [-0.1, -0.05) is 0 Å². The molecule has 5 heteroatoms. The molecule has 0 saturated heterocycles. The summed E-state index contributed by atoms with van der Waals surface area (Å²) in [5, 5.41) is 6.15. The quantitative estimate of drug-likeness (QED) is 0.777. The van der Waals surface area contributed by atoms with Crippen molar-refractivity contribution in [1.82, 2.24) is 20.2 Å². The van der Waals surface area contributed by atoms with Crippen LogP contribution in [0.25, 0.3) is 0 Å². The summed E-state index contributed by atoms with van der Waals surface area (Å²) in [7, 11) is 1.96. The second-order valence-corrected chi connectivity index (χ2v) is 4.54. The van der Waals surface area contributed by atoms with Crippen molar-refractivity contribution in [2.45, 2.75) is 39.3 Å². The van der Waals surface area contributed by atoms with Crippen LogP contribution in [0.5, 0.6) is 0 Å². The van der Waals surface area contributed by atoms with Gasteiger partial charge in [-0.15, -0.1) is 0 Å². The van der Waals surface area contributed by atoms with Gasteiger partial charge in [0.1, 0.15) is 5.82 Å². The fraction of sp³-hybridized carbons (Fsp3) is 0.667. The van der Waals surface area contributed by atoms with E-state index < -0.39 is 0 Å². The highest BCUT2D eigenvalue weighted by atomic mass is 16.1. The van der Waals surface area contributed by atoms with E-state index in [-0.39, 0.29) is 18.0 Å². The molecule has 1 atom stereocenters. The van der Waals surface area contributed by atoms with Crippen LogP contribution in [-0.2, 0) is 11.8 Å². The summed E-state index contributed by atoms with van der Waals surface area (Å²) in [6, 6.07) is 0.358. The Morgan fingerprint density at radius 3 is 2.71 bits per heavy atom. The average Bonchev–Trinajstić information content (AvgIpc) is 2.63. The Hall–Kier alpha value is -1.36. The van der Waals surface area contributed by atoms with Crippen molar-refractivity contribution in [3.05, 3.63) is 18.2 Å². The number of aromatic nitrogens is 2. The molecule has 1 amide bonds. The lowest BCUT2D eigenvalue weighted by molar-refractivity contribution is -0.121. The topological polar surface area (TPSA) is 59.0 Å². The first-order chi connectivity index (χ1) is 8.00. The summed E-state index contributed by atoms with van der Waals surface area (Å²) < 4.78 is 1.98. The van der Waals surface area contributed by atoms with Gasteiger partial charge in [0.05, 0.1) is 6.04 Å². The minimum atomic E-state index is 0.0829. The Kier molecular flexibility index (Phi) is 5.15. The molecule has 1 rings (SSSR count). The minimum absolute atomic E-state index is 0.0829. The van der Waals surface area contributed by atoms with Crippen molar-refractivity contribution in [2.75, 3.05) is 6.54 Å². The summed E-state index contributed by atoms with van der Waals surface area (Å²) >= 11 is 0. The minimum Gasteiger partial charge on any atom is -0.354 e. The maximum absolute atomic E-state index is 11.4. The molecule has 0 fully saturated rings. The van der Waals surface area contributed by atoms with E-state index in [9.17, 15) is 4.79 Å². The molecule has 0 aliphatic heterocycles. The van der Waals surface area contributed by atoms with Gasteiger partial charge in [0.25, 0.3) is 0 Å². The normalized spacial score (nSPS) is 12.8. The molecular weight excluding hydrogens is 216 g/mol. The number of aryl methyl sites for hydroxylation is 1. The third-order valence-corrected chi connectivity index (χ3v) is 2.50. The summed E-state index contributed by atoms with van der Waals surface area (Å²) in [6.07, 6.45) is 4.19. The van der Waals surface area contributed by atoms with Gasteiger partial charge >= 0.3 is 0 Å². The van der Waals surface area contributed by atoms with Crippen LogP contribution in [-0.4, -0.2) is 28.0 Å². The van der Waals surface area contributed by atoms with Crippen LogP contribution in [0.2, 0.25) is 0 Å². The Balaban J connectivity index is 2.27. The Bertz CT molecular complexity index is 359. The van der Waals surface area contributed by atoms with Crippen LogP contribution < -0.4 is 10.6 Å². The zero-order valence-corrected chi connectivity index (χ0v) is 11.0. The van der Waals surface area contributed by atoms with E-state index in [0.717, 1.165) is 5.82 Å². The van der Waals surface area contributed by atoms with Crippen molar-refractivity contribution in [1.29, 1.82) is 0 Å². The summed E-state index contributed by atoms with van der Waals surface area (Å²) in [5.74, 6) is 1.06. The molecule has 1 aromatic rings. The fourth-order valence-electron chi connectivity index (χ4n) is 1.68. The monoisotopic (exact) mass is 238 g/mol. The maximum Gasteiger partial charge on any atom is 0.221 e. The summed E-state index contributed by atoms with van der Waals surface area (Å²) in [4.78, 5) is 15.7. The first-order valence-corrected chi connectivity index (χ1v) is 6.00. The molecule has 0 aromatic carbocycles. The van der Waals surface area contributed by atoms with Crippen LogP contribution in [0.1, 0.15) is 39.1 Å². The molecule has 96 valence electrons. The highest BCUT2D eigenvalue weighted by Crippen LogP contribution is 2.07. The standard InChI is InChI=1S/C12H22N4O/c1-9(2)15-11(17)5-6-13-10(3)12-14-7-8-16(12)4/h7-10,13H,5-6H2,1-4H3,(H,15,17). The van der Waals surface area contributed by atoms with E-state index >= 15 is 0 Å². The predicted molar refractivity (Wildman–Crippen MR) is 67.5 cm³/mol. The van der Waals surface area contributed by atoms with Gasteiger partial charge in [-0.05, 0) is 20.8 Å². The number of nitrogens with one attached hydrogen (secondary N) is 2. The number of hydrogen-bond acceptors (Lipinski definition) is 3. The molecule has 17 heavy (non-hydrogen) atoms. The Labute approximate surface area is 103 Å². The van der Waals surface area contributed by atoms with E-state index in [2.05, 4.69) is 15.6 Å². The van der Waals surface area contributed by atoms with Gasteiger partial charge in [-0.3, -0.25) is 4.79 Å². The molecule has 2 N–H and O–H groups in total. The molecule has 0 radical (unpaired) electrons. The van der Waals surface area contributed by atoms with E-state index in [1.807, 2.05) is 38.6 Å². The summed E-state index contributed by atoms with van der Waals surface area (Å²) in [6.45, 7) is 6.62. The number of rotatable bonds is 6. The van der Waals surface area contributed by atoms with Crippen molar-refractivity contribution in [3.8, 4) is 0 Å². The maximum atomic E-state index is 11.4. The van der Waals surface area contributed by atoms with Gasteiger partial charge in [-0.25, -0.2) is 4.98 Å². The Morgan fingerprint density at radius 1 is 1.47 bits per heavy atom. The second kappa shape index (κ2) is 6.39. The van der Waals surface area contributed by atoms with Crippen molar-refractivity contribution < 1.29 is 4.79 Å². The molecule has 1 unspecified atom stereocenters. The van der Waals surface area contributed by atoms with Crippen molar-refractivity contribution in [3.63, 3.8) is 0 Å². The largest absolute Gasteiger partial charge is 0.354 e. The van der Waals surface area contributed by atoms with Crippen molar-refractivity contribution in [2.24, 2.45) is 7.05 Å². The van der Waals surface area contributed by atoms with E-state index in [1.165, 1.54) is 0 Å². The van der Waals surface area contributed by atoms with E-state index in [0.29, 0.717) is 13.0 Å². The van der Waals surface area contributed by atoms with Gasteiger partial charge < -0.3 is 15.2 Å². The highest BCUT2D eigenvalue weighted by molar-refractivity contribution is 5.76. The second-order valence-electron chi connectivity index (χ2n) is 4.54. The lowest BCUT2D eigenvalue weighted by Crippen LogP contribution is -2.33. The average molecular weight is 238 g/mol. The third-order valence-electron chi connectivity index (χ3n) is 2.50. The highest BCUT2D eigenvalue weighted by Gasteiger charge is 2.10. The van der Waals surface area contributed by atoms with Gasteiger partial charge in [0, 0.05) is 38.4 Å². The Morgan fingerprint density at radius 2 is 2.18 bits per heavy atom. The predicted octanol–water partition coefficient (Wildman–Crippen LogP) is 0.985. The van der Waals surface area contributed by atoms with E-state index in [4.69, 9.17) is 0 Å². The van der Waals surface area contributed by atoms with E-state index in [1.54, 1.807) is 6.20 Å².